The van der Waals surface area contributed by atoms with Crippen LogP contribution in [0.1, 0.15) is 20.8 Å². The summed E-state index contributed by atoms with van der Waals surface area (Å²) < 4.78 is 0. The van der Waals surface area contributed by atoms with E-state index in [-0.39, 0.29) is 12.1 Å². The molecule has 0 aromatic carbocycles. The summed E-state index contributed by atoms with van der Waals surface area (Å²) in [4.78, 5) is 0. The molecule has 0 bridgehead atoms. The van der Waals surface area contributed by atoms with E-state index in [1.165, 1.54) is 0 Å². The normalized spacial score (nSPS) is 20.1. The SMILES string of the molecule is CC(O)C(C)SC[C@H](C)N. The molecule has 3 atom stereocenters. The van der Waals surface area contributed by atoms with Crippen molar-refractivity contribution in [3.05, 3.63) is 0 Å². The predicted octanol–water partition coefficient (Wildman–Crippen LogP) is 0.836. The Bertz CT molecular complexity index is 85.7. The fraction of sp³-hybridized carbons (Fsp3) is 1.00. The Hall–Kier alpha value is 0.270. The van der Waals surface area contributed by atoms with E-state index in [9.17, 15) is 0 Å². The zero-order valence-electron chi connectivity index (χ0n) is 6.87. The number of hydrogen-bond donors (Lipinski definition) is 2. The summed E-state index contributed by atoms with van der Waals surface area (Å²) in [6.07, 6.45) is -0.233. The molecule has 2 nitrogen and oxygen atoms in total. The molecule has 2 unspecified atom stereocenters. The molecule has 0 aliphatic carbocycles. The van der Waals surface area contributed by atoms with Gasteiger partial charge in [-0.1, -0.05) is 6.92 Å². The molecule has 0 heterocycles. The lowest BCUT2D eigenvalue weighted by Gasteiger charge is -2.14. The largest absolute Gasteiger partial charge is 0.392 e. The van der Waals surface area contributed by atoms with Gasteiger partial charge in [-0.15, -0.1) is 0 Å². The Morgan fingerprint density at radius 2 is 1.90 bits per heavy atom. The summed E-state index contributed by atoms with van der Waals surface area (Å²) in [6, 6.07) is 0.228. The Morgan fingerprint density at radius 3 is 2.20 bits per heavy atom. The third kappa shape index (κ3) is 5.09. The Kier molecular flexibility index (Phi) is 5.13. The lowest BCUT2D eigenvalue weighted by molar-refractivity contribution is 0.196. The van der Waals surface area contributed by atoms with Gasteiger partial charge in [0.25, 0.3) is 0 Å². The topological polar surface area (TPSA) is 46.2 Å². The molecular formula is C7H17NOS. The molecule has 0 radical (unpaired) electrons. The fourth-order valence-corrected chi connectivity index (χ4v) is 1.33. The molecular weight excluding hydrogens is 146 g/mol. The lowest BCUT2D eigenvalue weighted by atomic mass is 10.3. The number of hydrogen-bond acceptors (Lipinski definition) is 3. The van der Waals surface area contributed by atoms with Crippen LogP contribution in [0.5, 0.6) is 0 Å². The van der Waals surface area contributed by atoms with Gasteiger partial charge in [-0.2, -0.15) is 11.8 Å². The van der Waals surface area contributed by atoms with E-state index in [0.717, 1.165) is 5.75 Å². The van der Waals surface area contributed by atoms with Gasteiger partial charge < -0.3 is 10.8 Å². The van der Waals surface area contributed by atoms with Gasteiger partial charge >= 0.3 is 0 Å². The van der Waals surface area contributed by atoms with Crippen LogP contribution in [0, 0.1) is 0 Å². The smallest absolute Gasteiger partial charge is 0.0628 e. The quantitative estimate of drug-likeness (QED) is 0.645. The molecule has 10 heavy (non-hydrogen) atoms. The zero-order valence-corrected chi connectivity index (χ0v) is 7.69. The summed E-state index contributed by atoms with van der Waals surface area (Å²) in [5.41, 5.74) is 5.54. The average Bonchev–Trinajstić information content (AvgIpc) is 1.82. The molecule has 3 N–H and O–H groups in total. The van der Waals surface area contributed by atoms with Gasteiger partial charge in [-0.05, 0) is 13.8 Å². The van der Waals surface area contributed by atoms with Crippen LogP contribution in [0.4, 0.5) is 0 Å². The molecule has 0 saturated carbocycles. The lowest BCUT2D eigenvalue weighted by Crippen LogP contribution is -2.22. The van der Waals surface area contributed by atoms with Gasteiger partial charge in [0.2, 0.25) is 0 Å². The molecule has 0 fully saturated rings. The molecule has 0 aliphatic rings. The van der Waals surface area contributed by atoms with Crippen molar-refractivity contribution in [3.8, 4) is 0 Å². The van der Waals surface area contributed by atoms with Crippen LogP contribution in [-0.4, -0.2) is 28.3 Å². The van der Waals surface area contributed by atoms with Gasteiger partial charge in [0.15, 0.2) is 0 Å². The number of nitrogens with two attached hydrogens (primary N) is 1. The van der Waals surface area contributed by atoms with Crippen LogP contribution in [0.15, 0.2) is 0 Å². The van der Waals surface area contributed by atoms with Crippen LogP contribution in [0.2, 0.25) is 0 Å². The van der Waals surface area contributed by atoms with Crippen LogP contribution in [-0.2, 0) is 0 Å². The Labute approximate surface area is 67.2 Å². The van der Waals surface area contributed by atoms with Crippen LogP contribution >= 0.6 is 11.8 Å². The van der Waals surface area contributed by atoms with Crippen molar-refractivity contribution in [3.63, 3.8) is 0 Å². The highest BCUT2D eigenvalue weighted by atomic mass is 32.2. The number of aliphatic hydroxyl groups is 1. The molecule has 0 amide bonds. The van der Waals surface area contributed by atoms with E-state index in [0.29, 0.717) is 5.25 Å². The van der Waals surface area contributed by atoms with E-state index in [1.807, 2.05) is 13.8 Å². The van der Waals surface area contributed by atoms with Crippen LogP contribution < -0.4 is 5.73 Å². The molecule has 0 aliphatic heterocycles. The highest BCUT2D eigenvalue weighted by molar-refractivity contribution is 7.99. The standard InChI is InChI=1S/C7H17NOS/c1-5(8)4-10-7(3)6(2)9/h5-7,9H,4,8H2,1-3H3/t5-,6?,7?/m0/s1. The fourth-order valence-electron chi connectivity index (χ4n) is 0.443. The van der Waals surface area contributed by atoms with Crippen molar-refractivity contribution in [2.75, 3.05) is 5.75 Å². The minimum Gasteiger partial charge on any atom is -0.392 e. The van der Waals surface area contributed by atoms with E-state index in [2.05, 4.69) is 0 Å². The summed E-state index contributed by atoms with van der Waals surface area (Å²) >= 11 is 1.72. The van der Waals surface area contributed by atoms with Gasteiger partial charge in [0, 0.05) is 17.0 Å². The number of rotatable bonds is 4. The summed E-state index contributed by atoms with van der Waals surface area (Å²) in [5.74, 6) is 0.923. The Morgan fingerprint density at radius 1 is 1.40 bits per heavy atom. The maximum absolute atomic E-state index is 9.07. The van der Waals surface area contributed by atoms with E-state index < -0.39 is 0 Å². The minimum absolute atomic E-state index is 0.228. The van der Waals surface area contributed by atoms with Gasteiger partial charge in [-0.3, -0.25) is 0 Å². The average molecular weight is 163 g/mol. The molecule has 0 aromatic heterocycles. The molecule has 3 heteroatoms. The monoisotopic (exact) mass is 163 g/mol. The molecule has 0 rings (SSSR count). The van der Waals surface area contributed by atoms with Crippen molar-refractivity contribution in [1.82, 2.24) is 0 Å². The second-order valence-corrected chi connectivity index (χ2v) is 4.17. The maximum Gasteiger partial charge on any atom is 0.0628 e. The predicted molar refractivity (Wildman–Crippen MR) is 47.3 cm³/mol. The van der Waals surface area contributed by atoms with E-state index in [1.54, 1.807) is 18.7 Å². The summed E-state index contributed by atoms with van der Waals surface area (Å²) in [7, 11) is 0. The zero-order chi connectivity index (χ0) is 8.15. The molecule has 0 spiro atoms. The minimum atomic E-state index is -0.233. The first kappa shape index (κ1) is 10.3. The first-order valence-corrected chi connectivity index (χ1v) is 4.64. The third-order valence-corrected chi connectivity index (χ3v) is 2.94. The first-order valence-electron chi connectivity index (χ1n) is 3.59. The summed E-state index contributed by atoms with van der Waals surface area (Å²) in [5, 5.41) is 9.37. The molecule has 0 saturated heterocycles. The first-order chi connectivity index (χ1) is 4.54. The maximum atomic E-state index is 9.07. The van der Waals surface area contributed by atoms with Crippen molar-refractivity contribution in [2.24, 2.45) is 5.73 Å². The number of aliphatic hydroxyl groups excluding tert-OH is 1. The van der Waals surface area contributed by atoms with Crippen molar-refractivity contribution in [1.29, 1.82) is 0 Å². The second-order valence-electron chi connectivity index (χ2n) is 2.76. The molecule has 0 aromatic rings. The van der Waals surface area contributed by atoms with Crippen molar-refractivity contribution < 1.29 is 5.11 Å². The summed E-state index contributed by atoms with van der Waals surface area (Å²) in [6.45, 7) is 5.79. The second kappa shape index (κ2) is 4.99. The van der Waals surface area contributed by atoms with E-state index in [4.69, 9.17) is 10.8 Å². The third-order valence-electron chi connectivity index (χ3n) is 1.30. The highest BCUT2D eigenvalue weighted by Crippen LogP contribution is 2.14. The van der Waals surface area contributed by atoms with Gasteiger partial charge in [0.1, 0.15) is 0 Å². The van der Waals surface area contributed by atoms with Gasteiger partial charge in [-0.25, -0.2) is 0 Å². The van der Waals surface area contributed by atoms with E-state index >= 15 is 0 Å². The van der Waals surface area contributed by atoms with Crippen molar-refractivity contribution >= 4 is 11.8 Å². The Balaban J connectivity index is 3.30. The molecule has 62 valence electrons. The van der Waals surface area contributed by atoms with Crippen LogP contribution in [0.3, 0.4) is 0 Å². The van der Waals surface area contributed by atoms with Crippen LogP contribution in [0.25, 0.3) is 0 Å². The van der Waals surface area contributed by atoms with Gasteiger partial charge in [0.05, 0.1) is 6.10 Å². The number of thioether (sulfide) groups is 1. The van der Waals surface area contributed by atoms with Crippen molar-refractivity contribution in [2.45, 2.75) is 38.2 Å². The highest BCUT2D eigenvalue weighted by Gasteiger charge is 2.08.